The number of rotatable bonds is 10. The SMILES string of the molecule is C=C(NCCc1ccccc1)Nc1c(C=N)nc(Nc2ccccc2F)n1-c1ccccc1. The van der Waals surface area contributed by atoms with E-state index in [0.717, 1.165) is 18.3 Å². The molecule has 0 bridgehead atoms. The van der Waals surface area contributed by atoms with E-state index >= 15 is 0 Å². The smallest absolute Gasteiger partial charge is 0.214 e. The Labute approximate surface area is 192 Å². The van der Waals surface area contributed by atoms with E-state index in [-0.39, 0.29) is 0 Å². The van der Waals surface area contributed by atoms with Crippen LogP contribution in [0.1, 0.15) is 11.3 Å². The molecule has 3 aromatic carbocycles. The highest BCUT2D eigenvalue weighted by atomic mass is 19.1. The van der Waals surface area contributed by atoms with Gasteiger partial charge in [-0.05, 0) is 36.2 Å². The zero-order valence-electron chi connectivity index (χ0n) is 18.1. The molecule has 0 radical (unpaired) electrons. The lowest BCUT2D eigenvalue weighted by Crippen LogP contribution is -2.22. The van der Waals surface area contributed by atoms with Crippen molar-refractivity contribution < 1.29 is 4.39 Å². The highest BCUT2D eigenvalue weighted by Crippen LogP contribution is 2.29. The van der Waals surface area contributed by atoms with E-state index in [1.807, 2.05) is 48.5 Å². The lowest BCUT2D eigenvalue weighted by molar-refractivity contribution is 0.631. The van der Waals surface area contributed by atoms with Crippen LogP contribution in [-0.2, 0) is 6.42 Å². The number of benzene rings is 3. The fourth-order valence-electron chi connectivity index (χ4n) is 3.44. The van der Waals surface area contributed by atoms with Crippen LogP contribution in [0.4, 0.5) is 21.8 Å². The molecular formula is C26H25FN6. The molecule has 6 nitrogen and oxygen atoms in total. The van der Waals surface area contributed by atoms with E-state index in [1.54, 1.807) is 22.8 Å². The second-order valence-corrected chi connectivity index (χ2v) is 7.36. The van der Waals surface area contributed by atoms with Gasteiger partial charge in [-0.15, -0.1) is 0 Å². The molecular weight excluding hydrogens is 415 g/mol. The molecule has 0 spiro atoms. The Kier molecular flexibility index (Phi) is 6.80. The molecule has 0 aliphatic rings. The van der Waals surface area contributed by atoms with Gasteiger partial charge in [0.05, 0.1) is 17.2 Å². The van der Waals surface area contributed by atoms with E-state index < -0.39 is 5.82 Å². The lowest BCUT2D eigenvalue weighted by Gasteiger charge is -2.17. The zero-order chi connectivity index (χ0) is 23.0. The molecule has 1 aromatic heterocycles. The number of nitrogens with zero attached hydrogens (tertiary/aromatic N) is 2. The van der Waals surface area contributed by atoms with Crippen molar-refractivity contribution in [1.29, 1.82) is 5.41 Å². The maximum atomic E-state index is 14.3. The zero-order valence-corrected chi connectivity index (χ0v) is 18.1. The summed E-state index contributed by atoms with van der Waals surface area (Å²) in [7, 11) is 0. The van der Waals surface area contributed by atoms with E-state index in [1.165, 1.54) is 11.6 Å². The Hall–Kier alpha value is -4.39. The number of hydrogen-bond acceptors (Lipinski definition) is 5. The van der Waals surface area contributed by atoms with E-state index in [0.29, 0.717) is 35.5 Å². The van der Waals surface area contributed by atoms with Crippen LogP contribution in [-0.4, -0.2) is 22.3 Å². The van der Waals surface area contributed by atoms with Gasteiger partial charge >= 0.3 is 0 Å². The molecule has 0 unspecified atom stereocenters. The van der Waals surface area contributed by atoms with Crippen LogP contribution >= 0.6 is 0 Å². The average molecular weight is 441 g/mol. The van der Waals surface area contributed by atoms with Gasteiger partial charge in [0, 0.05) is 12.8 Å². The van der Waals surface area contributed by atoms with Gasteiger partial charge < -0.3 is 21.4 Å². The van der Waals surface area contributed by atoms with Crippen molar-refractivity contribution in [2.24, 2.45) is 0 Å². The predicted molar refractivity (Wildman–Crippen MR) is 132 cm³/mol. The van der Waals surface area contributed by atoms with Crippen LogP contribution in [0.15, 0.2) is 97.3 Å². The molecule has 0 aliphatic carbocycles. The van der Waals surface area contributed by atoms with Crippen molar-refractivity contribution in [1.82, 2.24) is 14.9 Å². The molecule has 4 rings (SSSR count). The van der Waals surface area contributed by atoms with Gasteiger partial charge in [0.1, 0.15) is 17.3 Å². The van der Waals surface area contributed by atoms with E-state index in [4.69, 9.17) is 5.41 Å². The second kappa shape index (κ2) is 10.3. The Morgan fingerprint density at radius 2 is 1.64 bits per heavy atom. The minimum absolute atomic E-state index is 0.294. The molecule has 166 valence electrons. The number of para-hydroxylation sites is 2. The Morgan fingerprint density at radius 1 is 0.970 bits per heavy atom. The molecule has 0 fully saturated rings. The molecule has 7 heteroatoms. The number of imidazole rings is 1. The maximum absolute atomic E-state index is 14.3. The standard InChI is InChI=1S/C26H25FN6/c1-19(29-17-16-20-10-4-2-5-11-20)30-25-24(18-28)32-26(31-23-15-9-8-14-22(23)27)33(25)21-12-6-3-7-13-21/h2-15,18,28-30H,1,16-17H2,(H,31,32). The maximum Gasteiger partial charge on any atom is 0.214 e. The number of aromatic nitrogens is 2. The monoisotopic (exact) mass is 440 g/mol. The molecule has 0 amide bonds. The first-order chi connectivity index (χ1) is 16.2. The minimum atomic E-state index is -0.391. The lowest BCUT2D eigenvalue weighted by atomic mass is 10.1. The third-order valence-electron chi connectivity index (χ3n) is 5.04. The van der Waals surface area contributed by atoms with Gasteiger partial charge in [0.25, 0.3) is 0 Å². The van der Waals surface area contributed by atoms with Gasteiger partial charge in [-0.1, -0.05) is 67.2 Å². The largest absolute Gasteiger partial charge is 0.372 e. The second-order valence-electron chi connectivity index (χ2n) is 7.36. The van der Waals surface area contributed by atoms with Crippen molar-refractivity contribution in [3.8, 4) is 5.69 Å². The third kappa shape index (κ3) is 5.27. The van der Waals surface area contributed by atoms with Gasteiger partial charge in [-0.2, -0.15) is 0 Å². The van der Waals surface area contributed by atoms with Crippen LogP contribution in [0.3, 0.4) is 0 Å². The first kappa shape index (κ1) is 21.8. The first-order valence-corrected chi connectivity index (χ1v) is 10.6. The van der Waals surface area contributed by atoms with Crippen LogP contribution in [0.25, 0.3) is 5.69 Å². The molecule has 1 heterocycles. The van der Waals surface area contributed by atoms with Gasteiger partial charge in [0.15, 0.2) is 0 Å². The van der Waals surface area contributed by atoms with Crippen molar-refractivity contribution in [2.75, 3.05) is 17.2 Å². The average Bonchev–Trinajstić information content (AvgIpc) is 3.18. The summed E-state index contributed by atoms with van der Waals surface area (Å²) in [5, 5.41) is 17.5. The van der Waals surface area contributed by atoms with Crippen molar-refractivity contribution >= 4 is 23.7 Å². The molecule has 33 heavy (non-hydrogen) atoms. The Balaban J connectivity index is 1.61. The molecule has 4 N–H and O–H groups in total. The van der Waals surface area contributed by atoms with Gasteiger partial charge in [0.2, 0.25) is 5.95 Å². The topological polar surface area (TPSA) is 77.8 Å². The minimum Gasteiger partial charge on any atom is -0.372 e. The fourth-order valence-corrected chi connectivity index (χ4v) is 3.44. The predicted octanol–water partition coefficient (Wildman–Crippen LogP) is 5.47. The summed E-state index contributed by atoms with van der Waals surface area (Å²) in [5.74, 6) is 1.11. The van der Waals surface area contributed by atoms with Crippen LogP contribution < -0.4 is 16.0 Å². The van der Waals surface area contributed by atoms with E-state index in [9.17, 15) is 4.39 Å². The number of hydrogen-bond donors (Lipinski definition) is 4. The van der Waals surface area contributed by atoms with Gasteiger partial charge in [-0.3, -0.25) is 4.57 Å². The molecule has 0 saturated carbocycles. The number of nitrogens with one attached hydrogen (secondary N) is 4. The van der Waals surface area contributed by atoms with Crippen LogP contribution in [0, 0.1) is 11.2 Å². The molecule has 0 aliphatic heterocycles. The van der Waals surface area contributed by atoms with Crippen LogP contribution in [0.5, 0.6) is 0 Å². The van der Waals surface area contributed by atoms with Gasteiger partial charge in [-0.25, -0.2) is 9.37 Å². The Morgan fingerprint density at radius 3 is 2.33 bits per heavy atom. The summed E-state index contributed by atoms with van der Waals surface area (Å²) in [6.07, 6.45) is 2.00. The summed E-state index contributed by atoms with van der Waals surface area (Å²) in [6, 6.07) is 26.1. The van der Waals surface area contributed by atoms with Crippen molar-refractivity contribution in [3.05, 3.63) is 114 Å². The normalized spacial score (nSPS) is 10.5. The summed E-state index contributed by atoms with van der Waals surface area (Å²) in [6.45, 7) is 4.77. The summed E-state index contributed by atoms with van der Waals surface area (Å²) >= 11 is 0. The van der Waals surface area contributed by atoms with Crippen molar-refractivity contribution in [3.63, 3.8) is 0 Å². The summed E-state index contributed by atoms with van der Waals surface area (Å²) in [4.78, 5) is 4.53. The highest BCUT2D eigenvalue weighted by Gasteiger charge is 2.19. The van der Waals surface area contributed by atoms with E-state index in [2.05, 4.69) is 39.6 Å². The summed E-state index contributed by atoms with van der Waals surface area (Å²) in [5.41, 5.74) is 2.71. The fraction of sp³-hybridized carbons (Fsp3) is 0.0769. The Bertz CT molecular complexity index is 1230. The first-order valence-electron chi connectivity index (χ1n) is 10.6. The quantitative estimate of drug-likeness (QED) is 0.247. The highest BCUT2D eigenvalue weighted by molar-refractivity contribution is 5.85. The third-order valence-corrected chi connectivity index (χ3v) is 5.04. The number of halogens is 1. The molecule has 0 atom stereocenters. The van der Waals surface area contributed by atoms with Crippen LogP contribution in [0.2, 0.25) is 0 Å². The van der Waals surface area contributed by atoms with Crippen molar-refractivity contribution in [2.45, 2.75) is 6.42 Å². The summed E-state index contributed by atoms with van der Waals surface area (Å²) < 4.78 is 16.1. The molecule has 0 saturated heterocycles. The molecule has 4 aromatic rings. The number of anilines is 3.